The Bertz CT molecular complexity index is 741. The highest BCUT2D eigenvalue weighted by Crippen LogP contribution is 2.22. The normalized spacial score (nSPS) is 15.0. The molecule has 1 heterocycles. The van der Waals surface area contributed by atoms with Gasteiger partial charge in [-0.1, -0.05) is 43.2 Å². The zero-order chi connectivity index (χ0) is 18.4. The molecule has 0 atom stereocenters. The Kier molecular flexibility index (Phi) is 6.55. The molecule has 0 radical (unpaired) electrons. The summed E-state index contributed by atoms with van der Waals surface area (Å²) in [6, 6.07) is 6.37. The van der Waals surface area contributed by atoms with Crippen LogP contribution < -0.4 is 10.1 Å². The van der Waals surface area contributed by atoms with Gasteiger partial charge in [-0.3, -0.25) is 4.79 Å². The van der Waals surface area contributed by atoms with Crippen molar-refractivity contribution in [2.24, 2.45) is 0 Å². The second kappa shape index (κ2) is 9.07. The summed E-state index contributed by atoms with van der Waals surface area (Å²) in [5, 5.41) is 11.4. The standard InChI is InChI=1S/C19H25N3O3S/c1-13-8-9-14(2)16(10-13)24-11-18-21-22-19(25-18)26-12-17(23)20-15-6-4-3-5-7-15/h8-10,15H,3-7,11-12H2,1-2H3,(H,20,23). The van der Waals surface area contributed by atoms with E-state index in [0.29, 0.717) is 17.2 Å². The molecular formula is C19H25N3O3S. The molecule has 0 aliphatic heterocycles. The topological polar surface area (TPSA) is 77.2 Å². The number of carbonyl (C=O) groups is 1. The highest BCUT2D eigenvalue weighted by molar-refractivity contribution is 7.99. The number of nitrogens with zero attached hydrogens (tertiary/aromatic N) is 2. The van der Waals surface area contributed by atoms with Crippen molar-refractivity contribution in [2.45, 2.75) is 63.8 Å². The van der Waals surface area contributed by atoms with E-state index in [-0.39, 0.29) is 18.3 Å². The summed E-state index contributed by atoms with van der Waals surface area (Å²) in [7, 11) is 0. The van der Waals surface area contributed by atoms with Gasteiger partial charge < -0.3 is 14.5 Å². The molecule has 0 unspecified atom stereocenters. The van der Waals surface area contributed by atoms with E-state index in [1.807, 2.05) is 32.0 Å². The number of aromatic nitrogens is 2. The van der Waals surface area contributed by atoms with Crippen molar-refractivity contribution in [1.29, 1.82) is 0 Å². The van der Waals surface area contributed by atoms with Gasteiger partial charge in [0.2, 0.25) is 5.91 Å². The van der Waals surface area contributed by atoms with Crippen LogP contribution in [0, 0.1) is 13.8 Å². The second-order valence-electron chi connectivity index (χ2n) is 6.71. The third kappa shape index (κ3) is 5.49. The fraction of sp³-hybridized carbons (Fsp3) is 0.526. The van der Waals surface area contributed by atoms with Gasteiger partial charge in [0.1, 0.15) is 5.75 Å². The van der Waals surface area contributed by atoms with Crippen molar-refractivity contribution in [3.63, 3.8) is 0 Å². The SMILES string of the molecule is Cc1ccc(C)c(OCc2nnc(SCC(=O)NC3CCCCC3)o2)c1. The molecule has 1 aromatic heterocycles. The summed E-state index contributed by atoms with van der Waals surface area (Å²) in [6.45, 7) is 4.23. The fourth-order valence-corrected chi connectivity index (χ4v) is 3.59. The molecule has 1 aliphatic rings. The summed E-state index contributed by atoms with van der Waals surface area (Å²) in [4.78, 5) is 12.0. The van der Waals surface area contributed by atoms with E-state index >= 15 is 0 Å². The number of amides is 1. The minimum absolute atomic E-state index is 0.0216. The van der Waals surface area contributed by atoms with E-state index < -0.39 is 0 Å². The van der Waals surface area contributed by atoms with Crippen molar-refractivity contribution in [3.05, 3.63) is 35.2 Å². The van der Waals surface area contributed by atoms with Gasteiger partial charge in [0.25, 0.3) is 11.1 Å². The molecule has 0 spiro atoms. The fourth-order valence-electron chi connectivity index (χ4n) is 3.00. The quantitative estimate of drug-likeness (QED) is 0.742. The Morgan fingerprint density at radius 1 is 1.27 bits per heavy atom. The van der Waals surface area contributed by atoms with E-state index in [4.69, 9.17) is 9.15 Å². The van der Waals surface area contributed by atoms with Gasteiger partial charge in [0, 0.05) is 6.04 Å². The molecule has 1 N–H and O–H groups in total. The molecule has 2 aromatic rings. The number of aryl methyl sites for hydroxylation is 2. The number of rotatable bonds is 7. The van der Waals surface area contributed by atoms with Crippen LogP contribution in [0.1, 0.15) is 49.1 Å². The largest absolute Gasteiger partial charge is 0.484 e. The van der Waals surface area contributed by atoms with Gasteiger partial charge in [-0.25, -0.2) is 0 Å². The lowest BCUT2D eigenvalue weighted by Gasteiger charge is -2.22. The lowest BCUT2D eigenvalue weighted by molar-refractivity contribution is -0.119. The molecule has 1 saturated carbocycles. The molecule has 6 nitrogen and oxygen atoms in total. The molecule has 7 heteroatoms. The minimum Gasteiger partial charge on any atom is -0.484 e. The van der Waals surface area contributed by atoms with Gasteiger partial charge >= 0.3 is 0 Å². The summed E-state index contributed by atoms with van der Waals surface area (Å²) in [6.07, 6.45) is 5.83. The lowest BCUT2D eigenvalue weighted by atomic mass is 9.95. The van der Waals surface area contributed by atoms with Crippen LogP contribution in [0.3, 0.4) is 0 Å². The number of carbonyl (C=O) groups excluding carboxylic acids is 1. The smallest absolute Gasteiger partial charge is 0.277 e. The molecule has 0 saturated heterocycles. The first kappa shape index (κ1) is 18.8. The summed E-state index contributed by atoms with van der Waals surface area (Å²) in [5.41, 5.74) is 2.19. The predicted molar refractivity (Wildman–Crippen MR) is 100 cm³/mol. The van der Waals surface area contributed by atoms with Crippen LogP contribution in [0.25, 0.3) is 0 Å². The number of nitrogens with one attached hydrogen (secondary N) is 1. The number of hydrogen-bond donors (Lipinski definition) is 1. The molecule has 26 heavy (non-hydrogen) atoms. The first-order chi connectivity index (χ1) is 12.6. The summed E-state index contributed by atoms with van der Waals surface area (Å²) < 4.78 is 11.3. The lowest BCUT2D eigenvalue weighted by Crippen LogP contribution is -2.37. The van der Waals surface area contributed by atoms with Crippen LogP contribution in [0.4, 0.5) is 0 Å². The third-order valence-corrected chi connectivity index (χ3v) is 5.26. The zero-order valence-corrected chi connectivity index (χ0v) is 16.1. The molecule has 3 rings (SSSR count). The van der Waals surface area contributed by atoms with Crippen molar-refractivity contribution >= 4 is 17.7 Å². The second-order valence-corrected chi connectivity index (χ2v) is 7.64. The monoisotopic (exact) mass is 375 g/mol. The average Bonchev–Trinajstić information content (AvgIpc) is 3.09. The molecule has 0 bridgehead atoms. The van der Waals surface area contributed by atoms with Crippen LogP contribution in [0.5, 0.6) is 5.75 Å². The zero-order valence-electron chi connectivity index (χ0n) is 15.3. The Morgan fingerprint density at radius 2 is 2.08 bits per heavy atom. The van der Waals surface area contributed by atoms with Crippen LogP contribution in [0.2, 0.25) is 0 Å². The molecule has 1 aromatic carbocycles. The van der Waals surface area contributed by atoms with Gasteiger partial charge in [-0.2, -0.15) is 0 Å². The molecule has 1 fully saturated rings. The number of ether oxygens (including phenoxy) is 1. The number of benzene rings is 1. The maximum Gasteiger partial charge on any atom is 0.277 e. The van der Waals surface area contributed by atoms with E-state index in [1.54, 1.807) is 0 Å². The minimum atomic E-state index is 0.0216. The van der Waals surface area contributed by atoms with Crippen molar-refractivity contribution in [2.75, 3.05) is 5.75 Å². The number of hydrogen-bond acceptors (Lipinski definition) is 6. The van der Waals surface area contributed by atoms with Crippen LogP contribution in [-0.2, 0) is 11.4 Å². The molecule has 140 valence electrons. The van der Waals surface area contributed by atoms with Gasteiger partial charge in [0.05, 0.1) is 5.75 Å². The Hall–Kier alpha value is -2.02. The first-order valence-corrected chi connectivity index (χ1v) is 10.0. The van der Waals surface area contributed by atoms with Gasteiger partial charge in [-0.05, 0) is 43.9 Å². The average molecular weight is 375 g/mol. The highest BCUT2D eigenvalue weighted by atomic mass is 32.2. The van der Waals surface area contributed by atoms with Crippen LogP contribution >= 0.6 is 11.8 Å². The first-order valence-electron chi connectivity index (χ1n) is 9.05. The van der Waals surface area contributed by atoms with Gasteiger partial charge in [-0.15, -0.1) is 10.2 Å². The molecular weight excluding hydrogens is 350 g/mol. The van der Waals surface area contributed by atoms with E-state index in [1.165, 1.54) is 31.0 Å². The van der Waals surface area contributed by atoms with Crippen molar-refractivity contribution in [1.82, 2.24) is 15.5 Å². The third-order valence-electron chi connectivity index (χ3n) is 4.44. The number of thioether (sulfide) groups is 1. The van der Waals surface area contributed by atoms with Crippen molar-refractivity contribution in [3.8, 4) is 5.75 Å². The van der Waals surface area contributed by atoms with Crippen molar-refractivity contribution < 1.29 is 13.9 Å². The highest BCUT2D eigenvalue weighted by Gasteiger charge is 2.17. The molecule has 1 amide bonds. The van der Waals surface area contributed by atoms with Gasteiger partial charge in [0.15, 0.2) is 6.61 Å². The Morgan fingerprint density at radius 3 is 2.88 bits per heavy atom. The Balaban J connectivity index is 1.44. The van der Waals surface area contributed by atoms with E-state index in [2.05, 4.69) is 15.5 Å². The maximum absolute atomic E-state index is 12.0. The van der Waals surface area contributed by atoms with Crippen LogP contribution in [-0.4, -0.2) is 27.9 Å². The van der Waals surface area contributed by atoms with Crippen LogP contribution in [0.15, 0.2) is 27.8 Å². The predicted octanol–water partition coefficient (Wildman–Crippen LogP) is 3.81. The molecule has 1 aliphatic carbocycles. The summed E-state index contributed by atoms with van der Waals surface area (Å²) >= 11 is 1.26. The maximum atomic E-state index is 12.0. The Labute approximate surface area is 158 Å². The van der Waals surface area contributed by atoms with E-state index in [0.717, 1.165) is 29.7 Å². The summed E-state index contributed by atoms with van der Waals surface area (Å²) in [5.74, 6) is 1.52. The van der Waals surface area contributed by atoms with E-state index in [9.17, 15) is 4.79 Å².